The van der Waals surface area contributed by atoms with E-state index in [4.69, 9.17) is 0 Å². The molecule has 0 saturated carbocycles. The molecule has 0 fully saturated rings. The zero-order chi connectivity index (χ0) is 17.3. The molecule has 0 aliphatic heterocycles. The molecule has 0 radical (unpaired) electrons. The lowest BCUT2D eigenvalue weighted by Crippen LogP contribution is -2.03. The first kappa shape index (κ1) is 16.0. The number of aromatic hydroxyl groups is 1. The fraction of sp³-hybridized carbons (Fsp3) is 0.176. The summed E-state index contributed by atoms with van der Waals surface area (Å²) >= 11 is 0. The van der Waals surface area contributed by atoms with Crippen molar-refractivity contribution in [3.63, 3.8) is 0 Å². The molecule has 7 heteroatoms. The molecule has 3 aromatic rings. The van der Waals surface area contributed by atoms with Crippen LogP contribution in [0.1, 0.15) is 18.1 Å². The van der Waals surface area contributed by atoms with Gasteiger partial charge in [0.25, 0.3) is 0 Å². The summed E-state index contributed by atoms with van der Waals surface area (Å²) in [5.41, 5.74) is 1.22. The third-order valence-electron chi connectivity index (χ3n) is 3.69. The third-order valence-corrected chi connectivity index (χ3v) is 3.69. The van der Waals surface area contributed by atoms with E-state index in [0.717, 1.165) is 29.6 Å². The zero-order valence-corrected chi connectivity index (χ0v) is 12.7. The number of rotatable bonds is 3. The van der Waals surface area contributed by atoms with Crippen molar-refractivity contribution in [2.75, 3.05) is 0 Å². The Labute approximate surface area is 135 Å². The second-order valence-electron chi connectivity index (χ2n) is 5.26. The fourth-order valence-corrected chi connectivity index (χ4v) is 2.50. The molecular formula is C17H14F3N3O. The average molecular weight is 333 g/mol. The lowest BCUT2D eigenvalue weighted by Gasteiger charge is -2.05. The molecule has 2 N–H and O–H groups in total. The van der Waals surface area contributed by atoms with E-state index in [-0.39, 0.29) is 17.3 Å². The van der Waals surface area contributed by atoms with Crippen molar-refractivity contribution < 1.29 is 18.3 Å². The van der Waals surface area contributed by atoms with E-state index in [9.17, 15) is 18.3 Å². The van der Waals surface area contributed by atoms with Crippen molar-refractivity contribution in [1.82, 2.24) is 4.98 Å². The number of hydrogen-bond donors (Lipinski definition) is 2. The minimum atomic E-state index is -4.44. The van der Waals surface area contributed by atoms with E-state index >= 15 is 0 Å². The minimum absolute atomic E-state index is 0.0604. The smallest absolute Gasteiger partial charge is 0.416 e. The van der Waals surface area contributed by atoms with Crippen LogP contribution < -0.4 is 0 Å². The number of benzene rings is 2. The second-order valence-corrected chi connectivity index (χ2v) is 5.26. The van der Waals surface area contributed by atoms with E-state index in [0.29, 0.717) is 5.39 Å². The SMILES string of the molecule is CCc1cccc2c(N=Nc3cccc(C(F)(F)F)c3)c(O)[nH]c12. The van der Waals surface area contributed by atoms with E-state index in [1.165, 1.54) is 12.1 Å². The Kier molecular flexibility index (Phi) is 4.01. The highest BCUT2D eigenvalue weighted by atomic mass is 19.4. The molecule has 24 heavy (non-hydrogen) atoms. The Morgan fingerprint density at radius 2 is 1.83 bits per heavy atom. The highest BCUT2D eigenvalue weighted by Gasteiger charge is 2.30. The number of nitrogens with one attached hydrogen (secondary N) is 1. The first-order chi connectivity index (χ1) is 11.4. The van der Waals surface area contributed by atoms with Crippen LogP contribution in [-0.4, -0.2) is 10.1 Å². The number of azo groups is 1. The van der Waals surface area contributed by atoms with Crippen LogP contribution in [-0.2, 0) is 12.6 Å². The minimum Gasteiger partial charge on any atom is -0.493 e. The van der Waals surface area contributed by atoms with Crippen LogP contribution >= 0.6 is 0 Å². The molecule has 0 atom stereocenters. The van der Waals surface area contributed by atoms with Gasteiger partial charge in [0.2, 0.25) is 5.88 Å². The Morgan fingerprint density at radius 1 is 1.08 bits per heavy atom. The lowest BCUT2D eigenvalue weighted by molar-refractivity contribution is -0.137. The molecule has 0 aliphatic carbocycles. The summed E-state index contributed by atoms with van der Waals surface area (Å²) in [6.45, 7) is 1.98. The molecule has 0 spiro atoms. The maximum atomic E-state index is 12.7. The summed E-state index contributed by atoms with van der Waals surface area (Å²) in [7, 11) is 0. The number of aromatic nitrogens is 1. The van der Waals surface area contributed by atoms with Gasteiger partial charge in [-0.15, -0.1) is 5.11 Å². The molecule has 1 heterocycles. The number of halogens is 3. The van der Waals surface area contributed by atoms with E-state index in [1.807, 2.05) is 19.1 Å². The number of nitrogens with zero attached hydrogens (tertiary/aromatic N) is 2. The van der Waals surface area contributed by atoms with Crippen LogP contribution in [0.4, 0.5) is 24.5 Å². The number of para-hydroxylation sites is 1. The number of H-pyrrole nitrogens is 1. The van der Waals surface area contributed by atoms with Gasteiger partial charge in [-0.2, -0.15) is 18.3 Å². The Bertz CT molecular complexity index is 913. The van der Waals surface area contributed by atoms with Crippen LogP contribution in [0.3, 0.4) is 0 Å². The van der Waals surface area contributed by atoms with Gasteiger partial charge in [-0.1, -0.05) is 31.2 Å². The largest absolute Gasteiger partial charge is 0.493 e. The number of aryl methyl sites for hydroxylation is 1. The maximum absolute atomic E-state index is 12.7. The standard InChI is InChI=1S/C17H14F3N3O/c1-2-10-5-3-8-13-14(10)21-16(24)15(13)23-22-12-7-4-6-11(9-12)17(18,19)20/h3-9,21,24H,2H2,1H3. The van der Waals surface area contributed by atoms with Crippen LogP contribution in [0.2, 0.25) is 0 Å². The number of alkyl halides is 3. The van der Waals surface area contributed by atoms with Crippen molar-refractivity contribution in [3.8, 4) is 5.88 Å². The van der Waals surface area contributed by atoms with Gasteiger partial charge in [0, 0.05) is 5.39 Å². The Morgan fingerprint density at radius 3 is 2.54 bits per heavy atom. The molecular weight excluding hydrogens is 319 g/mol. The van der Waals surface area contributed by atoms with Gasteiger partial charge in [-0.3, -0.25) is 0 Å². The molecule has 2 aromatic carbocycles. The monoisotopic (exact) mass is 333 g/mol. The lowest BCUT2D eigenvalue weighted by atomic mass is 10.1. The molecule has 0 aliphatic rings. The fourth-order valence-electron chi connectivity index (χ4n) is 2.50. The predicted molar refractivity (Wildman–Crippen MR) is 85.0 cm³/mol. The summed E-state index contributed by atoms with van der Waals surface area (Å²) < 4.78 is 38.2. The average Bonchev–Trinajstić information content (AvgIpc) is 2.87. The summed E-state index contributed by atoms with van der Waals surface area (Å²) in [5.74, 6) is -0.165. The van der Waals surface area contributed by atoms with Crippen LogP contribution in [0, 0.1) is 0 Å². The van der Waals surface area contributed by atoms with Crippen LogP contribution in [0.5, 0.6) is 5.88 Å². The van der Waals surface area contributed by atoms with Crippen molar-refractivity contribution in [2.45, 2.75) is 19.5 Å². The van der Waals surface area contributed by atoms with Gasteiger partial charge < -0.3 is 10.1 Å². The predicted octanol–water partition coefficient (Wildman–Crippen LogP) is 5.87. The van der Waals surface area contributed by atoms with E-state index in [2.05, 4.69) is 15.2 Å². The zero-order valence-electron chi connectivity index (χ0n) is 12.7. The molecule has 0 saturated heterocycles. The summed E-state index contributed by atoms with van der Waals surface area (Å²) in [6, 6.07) is 10.1. The summed E-state index contributed by atoms with van der Waals surface area (Å²) in [6.07, 6.45) is -3.67. The molecule has 3 rings (SSSR count). The van der Waals surface area contributed by atoms with Gasteiger partial charge >= 0.3 is 6.18 Å². The third kappa shape index (κ3) is 2.97. The normalized spacial score (nSPS) is 12.3. The first-order valence-electron chi connectivity index (χ1n) is 7.31. The topological polar surface area (TPSA) is 60.7 Å². The van der Waals surface area contributed by atoms with Gasteiger partial charge in [0.15, 0.2) is 5.69 Å². The molecule has 1 aromatic heterocycles. The van der Waals surface area contributed by atoms with Crippen LogP contribution in [0.25, 0.3) is 10.9 Å². The summed E-state index contributed by atoms with van der Waals surface area (Å²) in [5, 5.41) is 18.5. The van der Waals surface area contributed by atoms with Gasteiger partial charge in [-0.05, 0) is 30.2 Å². The number of fused-ring (bicyclic) bond motifs is 1. The molecule has 124 valence electrons. The van der Waals surface area contributed by atoms with E-state index in [1.54, 1.807) is 6.07 Å². The number of hydrogen-bond acceptors (Lipinski definition) is 3. The highest BCUT2D eigenvalue weighted by molar-refractivity contribution is 5.96. The van der Waals surface area contributed by atoms with Gasteiger partial charge in [0.05, 0.1) is 16.8 Å². The van der Waals surface area contributed by atoms with E-state index < -0.39 is 11.7 Å². The van der Waals surface area contributed by atoms with Crippen LogP contribution in [0.15, 0.2) is 52.7 Å². The van der Waals surface area contributed by atoms with Gasteiger partial charge in [0.1, 0.15) is 0 Å². The highest BCUT2D eigenvalue weighted by Crippen LogP contribution is 2.38. The van der Waals surface area contributed by atoms with Gasteiger partial charge in [-0.25, -0.2) is 0 Å². The quantitative estimate of drug-likeness (QED) is 0.579. The van der Waals surface area contributed by atoms with Crippen molar-refractivity contribution in [1.29, 1.82) is 0 Å². The maximum Gasteiger partial charge on any atom is 0.416 e. The molecule has 0 bridgehead atoms. The van der Waals surface area contributed by atoms with Crippen molar-refractivity contribution in [3.05, 3.63) is 53.6 Å². The van der Waals surface area contributed by atoms with Crippen molar-refractivity contribution in [2.24, 2.45) is 10.2 Å². The summed E-state index contributed by atoms with van der Waals surface area (Å²) in [4.78, 5) is 2.84. The Balaban J connectivity index is 2.01. The number of aromatic amines is 1. The molecule has 0 unspecified atom stereocenters. The first-order valence-corrected chi connectivity index (χ1v) is 7.31. The molecule has 4 nitrogen and oxygen atoms in total. The Hall–Kier alpha value is -2.83. The second kappa shape index (κ2) is 5.99. The van der Waals surface area contributed by atoms with Crippen molar-refractivity contribution >= 4 is 22.3 Å². The molecule has 0 amide bonds.